The van der Waals surface area contributed by atoms with E-state index in [1.807, 2.05) is 17.7 Å². The van der Waals surface area contributed by atoms with Crippen LogP contribution in [0.5, 0.6) is 0 Å². The SMILES string of the molecule is CN=C(NCCc1ccccc1)NCc1c(C)nn(CCOC)c1C.I. The lowest BCUT2D eigenvalue weighted by atomic mass is 10.1. The highest BCUT2D eigenvalue weighted by molar-refractivity contribution is 14.0. The van der Waals surface area contributed by atoms with Crippen molar-refractivity contribution in [3.63, 3.8) is 0 Å². The maximum absolute atomic E-state index is 5.14. The summed E-state index contributed by atoms with van der Waals surface area (Å²) in [5.74, 6) is 0.805. The first-order chi connectivity index (χ1) is 12.2. The van der Waals surface area contributed by atoms with E-state index in [0.29, 0.717) is 13.2 Å². The average molecular weight is 471 g/mol. The zero-order valence-electron chi connectivity index (χ0n) is 16.1. The molecule has 144 valence electrons. The van der Waals surface area contributed by atoms with Crippen molar-refractivity contribution in [1.82, 2.24) is 20.4 Å². The van der Waals surface area contributed by atoms with Crippen LogP contribution in [0.2, 0.25) is 0 Å². The van der Waals surface area contributed by atoms with Gasteiger partial charge in [-0.25, -0.2) is 0 Å². The lowest BCUT2D eigenvalue weighted by Gasteiger charge is -2.12. The highest BCUT2D eigenvalue weighted by Crippen LogP contribution is 2.12. The summed E-state index contributed by atoms with van der Waals surface area (Å²) >= 11 is 0. The van der Waals surface area contributed by atoms with Gasteiger partial charge >= 0.3 is 0 Å². The second-order valence-corrected chi connectivity index (χ2v) is 5.95. The Labute approximate surface area is 173 Å². The number of aromatic nitrogens is 2. The Kier molecular flexibility index (Phi) is 10.3. The van der Waals surface area contributed by atoms with Gasteiger partial charge in [0.1, 0.15) is 0 Å². The Morgan fingerprint density at radius 1 is 1.19 bits per heavy atom. The summed E-state index contributed by atoms with van der Waals surface area (Å²) in [5, 5.41) is 11.3. The summed E-state index contributed by atoms with van der Waals surface area (Å²) in [4.78, 5) is 4.30. The molecule has 0 saturated carbocycles. The van der Waals surface area contributed by atoms with Crippen LogP contribution in [0.25, 0.3) is 0 Å². The number of ether oxygens (including phenoxy) is 1. The molecule has 0 aliphatic heterocycles. The quantitative estimate of drug-likeness (QED) is 0.353. The number of aryl methyl sites for hydroxylation is 1. The van der Waals surface area contributed by atoms with Crippen LogP contribution >= 0.6 is 24.0 Å². The minimum Gasteiger partial charge on any atom is -0.383 e. The monoisotopic (exact) mass is 471 g/mol. The molecule has 0 amide bonds. The minimum absolute atomic E-state index is 0. The molecule has 2 N–H and O–H groups in total. The molecule has 2 aromatic rings. The van der Waals surface area contributed by atoms with Crippen LogP contribution in [0.15, 0.2) is 35.3 Å². The molecule has 0 unspecified atom stereocenters. The van der Waals surface area contributed by atoms with E-state index in [0.717, 1.165) is 31.2 Å². The van der Waals surface area contributed by atoms with Gasteiger partial charge in [0.2, 0.25) is 0 Å². The van der Waals surface area contributed by atoms with Crippen molar-refractivity contribution in [2.24, 2.45) is 4.99 Å². The molecule has 0 fully saturated rings. The number of guanidine groups is 1. The Morgan fingerprint density at radius 3 is 2.58 bits per heavy atom. The van der Waals surface area contributed by atoms with Gasteiger partial charge in [0.25, 0.3) is 0 Å². The first-order valence-electron chi connectivity index (χ1n) is 8.66. The number of aliphatic imine (C=N–C) groups is 1. The molecule has 0 aliphatic carbocycles. The first-order valence-corrected chi connectivity index (χ1v) is 8.66. The molecule has 1 heterocycles. The van der Waals surface area contributed by atoms with E-state index >= 15 is 0 Å². The third-order valence-electron chi connectivity index (χ3n) is 4.24. The van der Waals surface area contributed by atoms with Gasteiger partial charge in [0, 0.05) is 38.5 Å². The number of methoxy groups -OCH3 is 1. The van der Waals surface area contributed by atoms with Gasteiger partial charge in [-0.2, -0.15) is 5.10 Å². The van der Waals surface area contributed by atoms with Crippen molar-refractivity contribution < 1.29 is 4.74 Å². The summed E-state index contributed by atoms with van der Waals surface area (Å²) in [5.41, 5.74) is 4.74. The average Bonchev–Trinajstić information content (AvgIpc) is 2.90. The van der Waals surface area contributed by atoms with Gasteiger partial charge in [-0.05, 0) is 25.8 Å². The lowest BCUT2D eigenvalue weighted by Crippen LogP contribution is -2.38. The molecule has 26 heavy (non-hydrogen) atoms. The molecule has 6 nitrogen and oxygen atoms in total. The second-order valence-electron chi connectivity index (χ2n) is 5.95. The van der Waals surface area contributed by atoms with Crippen LogP contribution in [0, 0.1) is 13.8 Å². The van der Waals surface area contributed by atoms with E-state index in [1.54, 1.807) is 14.2 Å². The number of hydrogen-bond acceptors (Lipinski definition) is 3. The number of benzene rings is 1. The zero-order chi connectivity index (χ0) is 18.1. The molecule has 0 aliphatic rings. The van der Waals surface area contributed by atoms with Gasteiger partial charge in [0.15, 0.2) is 5.96 Å². The third-order valence-corrected chi connectivity index (χ3v) is 4.24. The molecule has 7 heteroatoms. The van der Waals surface area contributed by atoms with Crippen molar-refractivity contribution in [2.75, 3.05) is 27.3 Å². The summed E-state index contributed by atoms with van der Waals surface area (Å²) in [7, 11) is 3.50. The normalized spacial score (nSPS) is 11.2. The van der Waals surface area contributed by atoms with Gasteiger partial charge in [-0.15, -0.1) is 24.0 Å². The third kappa shape index (κ3) is 6.60. The van der Waals surface area contributed by atoms with Crippen molar-refractivity contribution in [3.05, 3.63) is 52.8 Å². The van der Waals surface area contributed by atoms with Gasteiger partial charge in [-0.1, -0.05) is 30.3 Å². The number of hydrogen-bond donors (Lipinski definition) is 2. The van der Waals surface area contributed by atoms with Crippen LogP contribution < -0.4 is 10.6 Å². The molecule has 0 spiro atoms. The van der Waals surface area contributed by atoms with E-state index < -0.39 is 0 Å². The fourth-order valence-electron chi connectivity index (χ4n) is 2.75. The second kappa shape index (κ2) is 11.9. The molecule has 0 bridgehead atoms. The number of nitrogens with zero attached hydrogens (tertiary/aromatic N) is 3. The highest BCUT2D eigenvalue weighted by Gasteiger charge is 2.11. The molecule has 2 rings (SSSR count). The Balaban J connectivity index is 0.00000338. The van der Waals surface area contributed by atoms with Gasteiger partial charge < -0.3 is 15.4 Å². The van der Waals surface area contributed by atoms with Crippen LogP contribution in [0.4, 0.5) is 0 Å². The van der Waals surface area contributed by atoms with E-state index in [2.05, 4.69) is 51.9 Å². The smallest absolute Gasteiger partial charge is 0.191 e. The fourth-order valence-corrected chi connectivity index (χ4v) is 2.75. The number of rotatable bonds is 8. The van der Waals surface area contributed by atoms with Crippen LogP contribution in [-0.2, 0) is 24.2 Å². The Hall–Kier alpha value is -1.61. The Bertz CT molecular complexity index is 685. The molecule has 0 atom stereocenters. The van der Waals surface area contributed by atoms with Crippen molar-refractivity contribution in [3.8, 4) is 0 Å². The van der Waals surface area contributed by atoms with Crippen molar-refractivity contribution in [2.45, 2.75) is 33.4 Å². The van der Waals surface area contributed by atoms with Gasteiger partial charge in [-0.3, -0.25) is 9.67 Å². The summed E-state index contributed by atoms with van der Waals surface area (Å²) in [6.45, 7) is 7.12. The van der Waals surface area contributed by atoms with Crippen LogP contribution in [-0.4, -0.2) is 43.0 Å². The van der Waals surface area contributed by atoms with Crippen molar-refractivity contribution in [1.29, 1.82) is 0 Å². The van der Waals surface area contributed by atoms with Gasteiger partial charge in [0.05, 0.1) is 18.8 Å². The maximum atomic E-state index is 5.14. The van der Waals surface area contributed by atoms with E-state index in [9.17, 15) is 0 Å². The first kappa shape index (κ1) is 22.4. The Morgan fingerprint density at radius 2 is 1.92 bits per heavy atom. The van der Waals surface area contributed by atoms with E-state index in [-0.39, 0.29) is 24.0 Å². The molecule has 0 saturated heterocycles. The number of nitrogens with one attached hydrogen (secondary N) is 2. The van der Waals surface area contributed by atoms with E-state index in [1.165, 1.54) is 16.8 Å². The number of halogens is 1. The highest BCUT2D eigenvalue weighted by atomic mass is 127. The predicted molar refractivity (Wildman–Crippen MR) is 117 cm³/mol. The van der Waals surface area contributed by atoms with E-state index in [4.69, 9.17) is 4.74 Å². The van der Waals surface area contributed by atoms with Crippen molar-refractivity contribution >= 4 is 29.9 Å². The summed E-state index contributed by atoms with van der Waals surface area (Å²) in [6, 6.07) is 10.4. The van der Waals surface area contributed by atoms with Crippen LogP contribution in [0.3, 0.4) is 0 Å². The topological polar surface area (TPSA) is 63.5 Å². The summed E-state index contributed by atoms with van der Waals surface area (Å²) in [6.07, 6.45) is 0.967. The fraction of sp³-hybridized carbons (Fsp3) is 0.474. The maximum Gasteiger partial charge on any atom is 0.191 e. The standard InChI is InChI=1S/C19H29N5O.HI/c1-15-18(16(2)24(23-15)12-13-25-4)14-22-19(20-3)21-11-10-17-8-6-5-7-9-17;/h5-9H,10-14H2,1-4H3,(H2,20,21,22);1H. The van der Waals surface area contributed by atoms with Crippen LogP contribution in [0.1, 0.15) is 22.5 Å². The molecular weight excluding hydrogens is 441 g/mol. The zero-order valence-corrected chi connectivity index (χ0v) is 18.4. The molecular formula is C19H30IN5O. The minimum atomic E-state index is 0. The lowest BCUT2D eigenvalue weighted by molar-refractivity contribution is 0.182. The molecule has 1 aromatic carbocycles. The predicted octanol–water partition coefficient (Wildman–Crippen LogP) is 2.67. The largest absolute Gasteiger partial charge is 0.383 e. The molecule has 0 radical (unpaired) electrons. The molecule has 1 aromatic heterocycles. The summed E-state index contributed by atoms with van der Waals surface area (Å²) < 4.78 is 7.14.